The Balaban J connectivity index is 2.21. The Morgan fingerprint density at radius 2 is 2.06 bits per heavy atom. The van der Waals surface area contributed by atoms with Gasteiger partial charge in [-0.05, 0) is 13.8 Å². The molecule has 0 aromatic carbocycles. The number of hydrogen-bond donors (Lipinski definition) is 1. The maximum Gasteiger partial charge on any atom is 0.233 e. The number of hydrogen-bond acceptors (Lipinski definition) is 5. The number of nitrogens with one attached hydrogen (secondary N) is 1. The Bertz CT molecular complexity index is 546. The molecular weight excluding hydrogens is 270 g/mol. The van der Waals surface area contributed by atoms with Gasteiger partial charge in [0.25, 0.3) is 0 Å². The van der Waals surface area contributed by atoms with Crippen molar-refractivity contribution in [3.63, 3.8) is 0 Å². The van der Waals surface area contributed by atoms with E-state index in [-0.39, 0.29) is 0 Å². The van der Waals surface area contributed by atoms with E-state index < -0.39 is 0 Å². The molecule has 98 valence electrons. The van der Waals surface area contributed by atoms with E-state index in [0.29, 0.717) is 11.1 Å². The summed E-state index contributed by atoms with van der Waals surface area (Å²) in [5, 5.41) is 18.4. The van der Waals surface area contributed by atoms with Gasteiger partial charge in [0.2, 0.25) is 5.13 Å². The van der Waals surface area contributed by atoms with Crippen LogP contribution in [-0.4, -0.2) is 26.0 Å². The first-order valence-electron chi connectivity index (χ1n) is 5.77. The predicted octanol–water partition coefficient (Wildman–Crippen LogP) is 2.49. The Morgan fingerprint density at radius 3 is 2.61 bits per heavy atom. The zero-order chi connectivity index (χ0) is 13.3. The monoisotopic (exact) mass is 285 g/mol. The molecule has 0 saturated heterocycles. The molecule has 0 spiro atoms. The lowest BCUT2D eigenvalue weighted by molar-refractivity contribution is 0.584. The van der Waals surface area contributed by atoms with Crippen LogP contribution in [0.1, 0.15) is 30.2 Å². The van der Waals surface area contributed by atoms with Crippen LogP contribution >= 0.6 is 22.9 Å². The molecule has 0 radical (unpaired) electrons. The topological polar surface area (TPSA) is 55.6 Å². The highest BCUT2D eigenvalue weighted by atomic mass is 35.5. The van der Waals surface area contributed by atoms with Crippen LogP contribution in [0.15, 0.2) is 0 Å². The van der Waals surface area contributed by atoms with Crippen molar-refractivity contribution in [2.45, 2.75) is 40.3 Å². The third-order valence-electron chi connectivity index (χ3n) is 2.50. The van der Waals surface area contributed by atoms with Gasteiger partial charge in [-0.2, -0.15) is 5.10 Å². The average molecular weight is 286 g/mol. The fourth-order valence-electron chi connectivity index (χ4n) is 1.50. The molecule has 5 nitrogen and oxygen atoms in total. The van der Waals surface area contributed by atoms with Crippen molar-refractivity contribution in [1.29, 1.82) is 0 Å². The van der Waals surface area contributed by atoms with Crippen molar-refractivity contribution in [2.24, 2.45) is 0 Å². The van der Waals surface area contributed by atoms with Crippen molar-refractivity contribution >= 4 is 22.9 Å². The third-order valence-corrected chi connectivity index (χ3v) is 3.95. The molecular formula is C11H16ClN5S. The highest BCUT2D eigenvalue weighted by Crippen LogP contribution is 2.23. The lowest BCUT2D eigenvalue weighted by Crippen LogP contribution is -2.21. The summed E-state index contributed by atoms with van der Waals surface area (Å²) >= 11 is 7.64. The Morgan fingerprint density at radius 1 is 1.33 bits per heavy atom. The van der Waals surface area contributed by atoms with Crippen LogP contribution < -0.4 is 5.32 Å². The van der Waals surface area contributed by atoms with Crippen molar-refractivity contribution in [3.8, 4) is 5.13 Å². The fraction of sp³-hybridized carbons (Fsp3) is 0.545. The van der Waals surface area contributed by atoms with Crippen LogP contribution in [0.25, 0.3) is 5.13 Å². The normalized spacial score (nSPS) is 11.4. The first kappa shape index (κ1) is 13.5. The molecule has 0 saturated carbocycles. The van der Waals surface area contributed by atoms with Gasteiger partial charge in [-0.3, -0.25) is 0 Å². The van der Waals surface area contributed by atoms with E-state index in [2.05, 4.69) is 34.5 Å². The van der Waals surface area contributed by atoms with Crippen LogP contribution in [0.3, 0.4) is 0 Å². The van der Waals surface area contributed by atoms with Crippen molar-refractivity contribution in [2.75, 3.05) is 0 Å². The SMILES string of the molecule is Cc1nn(-c2nnc(CNC(C)C)s2)c(C)c1Cl. The van der Waals surface area contributed by atoms with E-state index in [0.717, 1.165) is 28.1 Å². The second kappa shape index (κ2) is 5.34. The maximum atomic E-state index is 6.12. The smallest absolute Gasteiger partial charge is 0.233 e. The quantitative estimate of drug-likeness (QED) is 0.938. The van der Waals surface area contributed by atoms with Crippen LogP contribution in [0, 0.1) is 13.8 Å². The van der Waals surface area contributed by atoms with Gasteiger partial charge >= 0.3 is 0 Å². The lowest BCUT2D eigenvalue weighted by atomic mass is 10.4. The highest BCUT2D eigenvalue weighted by Gasteiger charge is 2.14. The van der Waals surface area contributed by atoms with E-state index in [1.807, 2.05) is 13.8 Å². The summed E-state index contributed by atoms with van der Waals surface area (Å²) in [6, 6.07) is 0.431. The Hall–Kier alpha value is -0.980. The van der Waals surface area contributed by atoms with Crippen LogP contribution in [0.5, 0.6) is 0 Å². The molecule has 2 rings (SSSR count). The highest BCUT2D eigenvalue weighted by molar-refractivity contribution is 7.13. The minimum Gasteiger partial charge on any atom is -0.308 e. The summed E-state index contributed by atoms with van der Waals surface area (Å²) in [7, 11) is 0. The molecule has 2 heterocycles. The van der Waals surface area contributed by atoms with Gasteiger partial charge in [-0.15, -0.1) is 10.2 Å². The van der Waals surface area contributed by atoms with E-state index in [1.165, 1.54) is 11.3 Å². The Labute approximate surface area is 115 Å². The standard InChI is InChI=1S/C11H16ClN5S/c1-6(2)13-5-9-14-15-11(18-9)17-8(4)10(12)7(3)16-17/h6,13H,5H2,1-4H3. The van der Waals surface area contributed by atoms with E-state index in [4.69, 9.17) is 11.6 Å². The molecule has 0 amide bonds. The first-order valence-corrected chi connectivity index (χ1v) is 6.96. The van der Waals surface area contributed by atoms with Gasteiger partial charge in [-0.25, -0.2) is 4.68 Å². The summed E-state index contributed by atoms with van der Waals surface area (Å²) in [6.45, 7) is 8.73. The summed E-state index contributed by atoms with van der Waals surface area (Å²) in [5.41, 5.74) is 1.71. The van der Waals surface area contributed by atoms with Crippen molar-refractivity contribution in [3.05, 3.63) is 21.4 Å². The molecule has 7 heteroatoms. The van der Waals surface area contributed by atoms with Gasteiger partial charge in [0.15, 0.2) is 0 Å². The minimum atomic E-state index is 0.431. The third kappa shape index (κ3) is 2.71. The van der Waals surface area contributed by atoms with E-state index in [9.17, 15) is 0 Å². The predicted molar refractivity (Wildman–Crippen MR) is 73.5 cm³/mol. The lowest BCUT2D eigenvalue weighted by Gasteiger charge is -2.03. The van der Waals surface area contributed by atoms with Crippen molar-refractivity contribution in [1.82, 2.24) is 25.3 Å². The maximum absolute atomic E-state index is 6.12. The molecule has 0 aliphatic carbocycles. The van der Waals surface area contributed by atoms with Gasteiger partial charge in [0, 0.05) is 12.6 Å². The Kier molecular flexibility index (Phi) is 3.99. The molecule has 0 unspecified atom stereocenters. The molecule has 0 fully saturated rings. The number of aryl methyl sites for hydroxylation is 1. The average Bonchev–Trinajstić information content (AvgIpc) is 2.87. The molecule has 18 heavy (non-hydrogen) atoms. The zero-order valence-corrected chi connectivity index (χ0v) is 12.4. The van der Waals surface area contributed by atoms with Gasteiger partial charge in [0.05, 0.1) is 16.4 Å². The number of rotatable bonds is 4. The second-order valence-electron chi connectivity index (χ2n) is 4.41. The van der Waals surface area contributed by atoms with E-state index in [1.54, 1.807) is 4.68 Å². The van der Waals surface area contributed by atoms with Gasteiger partial charge < -0.3 is 5.32 Å². The van der Waals surface area contributed by atoms with Crippen molar-refractivity contribution < 1.29 is 0 Å². The molecule has 0 aliphatic heterocycles. The molecule has 2 aromatic heterocycles. The minimum absolute atomic E-state index is 0.431. The van der Waals surface area contributed by atoms with Crippen LogP contribution in [-0.2, 0) is 6.54 Å². The fourth-order valence-corrected chi connectivity index (χ4v) is 2.41. The number of halogens is 1. The molecule has 0 bridgehead atoms. The molecule has 0 atom stereocenters. The summed E-state index contributed by atoms with van der Waals surface area (Å²) < 4.78 is 1.74. The van der Waals surface area contributed by atoms with E-state index >= 15 is 0 Å². The number of aromatic nitrogens is 4. The largest absolute Gasteiger partial charge is 0.308 e. The van der Waals surface area contributed by atoms with Crippen LogP contribution in [0.2, 0.25) is 5.02 Å². The van der Waals surface area contributed by atoms with Crippen LogP contribution in [0.4, 0.5) is 0 Å². The summed E-state index contributed by atoms with van der Waals surface area (Å²) in [5.74, 6) is 0. The molecule has 2 aromatic rings. The molecule has 0 aliphatic rings. The summed E-state index contributed by atoms with van der Waals surface area (Å²) in [6.07, 6.45) is 0. The first-order chi connectivity index (χ1) is 8.49. The zero-order valence-electron chi connectivity index (χ0n) is 10.9. The molecule has 1 N–H and O–H groups in total. The second-order valence-corrected chi connectivity index (χ2v) is 5.83. The summed E-state index contributed by atoms with van der Waals surface area (Å²) in [4.78, 5) is 0. The van der Waals surface area contributed by atoms with Gasteiger partial charge in [0.1, 0.15) is 5.01 Å². The van der Waals surface area contributed by atoms with Gasteiger partial charge in [-0.1, -0.05) is 36.8 Å². The number of nitrogens with zero attached hydrogens (tertiary/aromatic N) is 4.